The van der Waals surface area contributed by atoms with Crippen molar-refractivity contribution in [1.29, 1.82) is 0 Å². The minimum Gasteiger partial charge on any atom is -0.462 e. The van der Waals surface area contributed by atoms with Crippen LogP contribution in [0, 0.1) is 0 Å². The van der Waals surface area contributed by atoms with E-state index in [9.17, 15) is 14.4 Å². The Kier molecular flexibility index (Phi) is 6.58. The summed E-state index contributed by atoms with van der Waals surface area (Å²) in [5.74, 6) is -1.45. The van der Waals surface area contributed by atoms with E-state index in [-0.39, 0.29) is 0 Å². The Morgan fingerprint density at radius 2 is 1.45 bits per heavy atom. The number of ether oxygens (including phenoxy) is 2. The molecular weight excluding hydrogens is 370 g/mol. The van der Waals surface area contributed by atoms with Crippen molar-refractivity contribution in [3.05, 3.63) is 77.9 Å². The zero-order valence-electron chi connectivity index (χ0n) is 16.0. The van der Waals surface area contributed by atoms with E-state index in [4.69, 9.17) is 9.47 Å². The number of esters is 2. The van der Waals surface area contributed by atoms with E-state index in [1.54, 1.807) is 36.4 Å². The summed E-state index contributed by atoms with van der Waals surface area (Å²) < 4.78 is 10.1. The Bertz CT molecular complexity index is 1030. The van der Waals surface area contributed by atoms with Crippen molar-refractivity contribution in [1.82, 2.24) is 0 Å². The van der Waals surface area contributed by atoms with E-state index < -0.39 is 24.5 Å². The van der Waals surface area contributed by atoms with Gasteiger partial charge in [0, 0.05) is 5.69 Å². The normalized spacial score (nSPS) is 10.4. The molecule has 1 amide bonds. The van der Waals surface area contributed by atoms with Crippen LogP contribution in [0.15, 0.2) is 66.7 Å². The van der Waals surface area contributed by atoms with Gasteiger partial charge in [-0.3, -0.25) is 4.79 Å². The number of nitrogens with one attached hydrogen (secondary N) is 1. The number of rotatable bonds is 7. The van der Waals surface area contributed by atoms with Gasteiger partial charge in [-0.2, -0.15) is 0 Å². The molecule has 3 rings (SSSR count). The number of amides is 1. The third kappa shape index (κ3) is 5.42. The van der Waals surface area contributed by atoms with Crippen molar-refractivity contribution >= 4 is 34.3 Å². The highest BCUT2D eigenvalue weighted by atomic mass is 16.5. The fourth-order valence-corrected chi connectivity index (χ4v) is 2.70. The van der Waals surface area contributed by atoms with Crippen molar-refractivity contribution < 1.29 is 23.9 Å². The van der Waals surface area contributed by atoms with Crippen molar-refractivity contribution in [3.63, 3.8) is 0 Å². The second-order valence-electron chi connectivity index (χ2n) is 6.40. The first kappa shape index (κ1) is 20.1. The molecule has 0 radical (unpaired) electrons. The Hall–Kier alpha value is -3.67. The molecule has 0 saturated carbocycles. The number of fused-ring (bicyclic) bond motifs is 1. The maximum absolute atomic E-state index is 12.2. The lowest BCUT2D eigenvalue weighted by Crippen LogP contribution is -2.21. The molecule has 6 heteroatoms. The maximum Gasteiger partial charge on any atom is 0.338 e. The number of carbonyl (C=O) groups is 3. The summed E-state index contributed by atoms with van der Waals surface area (Å²) in [6.45, 7) is 1.87. The Labute approximate surface area is 168 Å². The number of benzene rings is 3. The minimum atomic E-state index is -0.570. The number of hydrogen-bond acceptors (Lipinski definition) is 5. The second-order valence-corrected chi connectivity index (χ2v) is 6.40. The molecule has 3 aromatic carbocycles. The zero-order chi connectivity index (χ0) is 20.6. The molecule has 29 heavy (non-hydrogen) atoms. The second kappa shape index (κ2) is 9.50. The maximum atomic E-state index is 12.2. The van der Waals surface area contributed by atoms with Gasteiger partial charge in [0.15, 0.2) is 6.61 Å². The summed E-state index contributed by atoms with van der Waals surface area (Å²) >= 11 is 0. The average Bonchev–Trinajstić information content (AvgIpc) is 2.76. The lowest BCUT2D eigenvalue weighted by atomic mass is 10.1. The summed E-state index contributed by atoms with van der Waals surface area (Å²) in [6.07, 6.45) is 0.748. The molecule has 0 heterocycles. The van der Waals surface area contributed by atoms with Crippen LogP contribution in [0.3, 0.4) is 0 Å². The highest BCUT2D eigenvalue weighted by molar-refractivity contribution is 5.98. The molecular formula is C23H21NO5. The van der Waals surface area contributed by atoms with Crippen LogP contribution in [0.2, 0.25) is 0 Å². The zero-order valence-corrected chi connectivity index (χ0v) is 16.0. The smallest absolute Gasteiger partial charge is 0.338 e. The van der Waals surface area contributed by atoms with Gasteiger partial charge in [-0.25, -0.2) is 9.59 Å². The molecule has 148 valence electrons. The Balaban J connectivity index is 1.52. The molecule has 0 unspecified atom stereocenters. The molecule has 0 saturated heterocycles. The minimum absolute atomic E-state index is 0.361. The van der Waals surface area contributed by atoms with Gasteiger partial charge in [-0.05, 0) is 53.6 Å². The lowest BCUT2D eigenvalue weighted by Gasteiger charge is -2.08. The van der Waals surface area contributed by atoms with Crippen LogP contribution < -0.4 is 5.32 Å². The highest BCUT2D eigenvalue weighted by Gasteiger charge is 2.12. The third-order valence-electron chi connectivity index (χ3n) is 4.16. The van der Waals surface area contributed by atoms with Crippen LogP contribution in [0.5, 0.6) is 0 Å². The predicted octanol–water partition coefficient (Wildman–Crippen LogP) is 4.20. The molecule has 0 aliphatic rings. The van der Waals surface area contributed by atoms with Crippen LogP contribution in [-0.4, -0.2) is 31.1 Å². The fourth-order valence-electron chi connectivity index (χ4n) is 2.70. The highest BCUT2D eigenvalue weighted by Crippen LogP contribution is 2.16. The number of carbonyl (C=O) groups excluding carboxylic acids is 3. The monoisotopic (exact) mass is 391 g/mol. The van der Waals surface area contributed by atoms with Gasteiger partial charge in [0.25, 0.3) is 5.91 Å². The van der Waals surface area contributed by atoms with E-state index in [1.807, 2.05) is 37.3 Å². The average molecular weight is 391 g/mol. The van der Waals surface area contributed by atoms with Gasteiger partial charge in [-0.15, -0.1) is 0 Å². The largest absolute Gasteiger partial charge is 0.462 e. The molecule has 0 fully saturated rings. The molecule has 0 atom stereocenters. The van der Waals surface area contributed by atoms with E-state index >= 15 is 0 Å². The summed E-state index contributed by atoms with van der Waals surface area (Å²) in [6, 6.07) is 19.2. The molecule has 0 aromatic heterocycles. The molecule has 0 spiro atoms. The van der Waals surface area contributed by atoms with Crippen LogP contribution in [0.4, 0.5) is 5.69 Å². The number of hydrogen-bond donors (Lipinski definition) is 1. The van der Waals surface area contributed by atoms with Gasteiger partial charge in [0.05, 0.1) is 17.7 Å². The molecule has 0 aliphatic heterocycles. The quantitative estimate of drug-likeness (QED) is 0.611. The lowest BCUT2D eigenvalue weighted by molar-refractivity contribution is -0.119. The first-order chi connectivity index (χ1) is 14.1. The SMILES string of the molecule is CCCOC(=O)c1ccc(NC(=O)COC(=O)c2ccc3ccccc3c2)cc1. The van der Waals surface area contributed by atoms with E-state index in [0.29, 0.717) is 23.4 Å². The predicted molar refractivity (Wildman–Crippen MR) is 110 cm³/mol. The molecule has 0 bridgehead atoms. The van der Waals surface area contributed by atoms with Gasteiger partial charge in [-0.1, -0.05) is 37.3 Å². The van der Waals surface area contributed by atoms with E-state index in [2.05, 4.69) is 5.32 Å². The van der Waals surface area contributed by atoms with Crippen LogP contribution in [-0.2, 0) is 14.3 Å². The first-order valence-corrected chi connectivity index (χ1v) is 9.30. The fraction of sp³-hybridized carbons (Fsp3) is 0.174. The van der Waals surface area contributed by atoms with Gasteiger partial charge in [0.1, 0.15) is 0 Å². The summed E-state index contributed by atoms with van der Waals surface area (Å²) in [4.78, 5) is 36.0. The van der Waals surface area contributed by atoms with Crippen molar-refractivity contribution in [3.8, 4) is 0 Å². The topological polar surface area (TPSA) is 81.7 Å². The van der Waals surface area contributed by atoms with Crippen LogP contribution >= 0.6 is 0 Å². The van der Waals surface area contributed by atoms with Crippen molar-refractivity contribution in [2.75, 3.05) is 18.5 Å². The van der Waals surface area contributed by atoms with Crippen LogP contribution in [0.25, 0.3) is 10.8 Å². The van der Waals surface area contributed by atoms with E-state index in [0.717, 1.165) is 17.2 Å². The summed E-state index contributed by atoms with van der Waals surface area (Å²) in [5.41, 5.74) is 1.27. The Morgan fingerprint density at radius 1 is 0.793 bits per heavy atom. The summed E-state index contributed by atoms with van der Waals surface area (Å²) in [7, 11) is 0. The molecule has 6 nitrogen and oxygen atoms in total. The third-order valence-corrected chi connectivity index (χ3v) is 4.16. The number of anilines is 1. The standard InChI is InChI=1S/C23H21NO5/c1-2-13-28-22(26)17-9-11-20(12-10-17)24-21(25)15-29-23(27)19-8-7-16-5-3-4-6-18(16)14-19/h3-12,14H,2,13,15H2,1H3,(H,24,25). The summed E-state index contributed by atoms with van der Waals surface area (Å²) in [5, 5.41) is 4.56. The van der Waals surface area contributed by atoms with E-state index in [1.165, 1.54) is 0 Å². The van der Waals surface area contributed by atoms with Gasteiger partial charge >= 0.3 is 11.9 Å². The molecule has 0 aliphatic carbocycles. The molecule has 3 aromatic rings. The Morgan fingerprint density at radius 3 is 2.17 bits per heavy atom. The van der Waals surface area contributed by atoms with Crippen molar-refractivity contribution in [2.45, 2.75) is 13.3 Å². The first-order valence-electron chi connectivity index (χ1n) is 9.30. The van der Waals surface area contributed by atoms with Gasteiger partial charge < -0.3 is 14.8 Å². The van der Waals surface area contributed by atoms with Gasteiger partial charge in [0.2, 0.25) is 0 Å². The molecule has 1 N–H and O–H groups in total. The van der Waals surface area contributed by atoms with Crippen LogP contribution in [0.1, 0.15) is 34.1 Å². The van der Waals surface area contributed by atoms with Crippen molar-refractivity contribution in [2.24, 2.45) is 0 Å².